The highest BCUT2D eigenvalue weighted by molar-refractivity contribution is 6.20. The van der Waals surface area contributed by atoms with Gasteiger partial charge in [0.15, 0.2) is 11.4 Å². The number of fused-ring (bicyclic) bond motifs is 3. The zero-order valence-corrected chi connectivity index (χ0v) is 23.8. The van der Waals surface area contributed by atoms with E-state index in [1.165, 1.54) is 0 Å². The molecule has 0 spiro atoms. The maximum absolute atomic E-state index is 12.6. The van der Waals surface area contributed by atoms with Crippen LogP contribution in [-0.2, 0) is 14.4 Å². The average Bonchev–Trinajstić information content (AvgIpc) is 2.90. The third kappa shape index (κ3) is 5.00. The van der Waals surface area contributed by atoms with Crippen LogP contribution in [0.25, 0.3) is 0 Å². The van der Waals surface area contributed by atoms with E-state index < -0.39 is 58.4 Å². The Kier molecular flexibility index (Phi) is 8.10. The first-order valence-electron chi connectivity index (χ1n) is 14.8. The summed E-state index contributed by atoms with van der Waals surface area (Å²) >= 11 is 0. The molecule has 5 aliphatic rings. The first-order valence-corrected chi connectivity index (χ1v) is 14.8. The Bertz CT molecular complexity index is 1210. The van der Waals surface area contributed by atoms with Crippen molar-refractivity contribution in [1.82, 2.24) is 10.2 Å². The van der Waals surface area contributed by atoms with Gasteiger partial charge in [0.1, 0.15) is 17.1 Å². The van der Waals surface area contributed by atoms with Crippen LogP contribution in [0.5, 0.6) is 0 Å². The molecule has 41 heavy (non-hydrogen) atoms. The number of carbonyl (C=O) groups excluding carboxylic acids is 3. The third-order valence-corrected chi connectivity index (χ3v) is 10.5. The first kappa shape index (κ1) is 29.8. The molecule has 0 aromatic heterocycles. The second-order valence-corrected chi connectivity index (χ2v) is 13.0. The van der Waals surface area contributed by atoms with Crippen LogP contribution in [0.4, 0.5) is 0 Å². The number of amides is 2. The number of aliphatic hydroxyl groups is 5. The van der Waals surface area contributed by atoms with Gasteiger partial charge in [-0.3, -0.25) is 14.4 Å². The molecule has 8 N–H and O–H groups in total. The van der Waals surface area contributed by atoms with E-state index in [-0.39, 0.29) is 48.0 Å². The highest BCUT2D eigenvalue weighted by Gasteiger charge is 2.61. The van der Waals surface area contributed by atoms with Crippen LogP contribution in [0.2, 0.25) is 0 Å². The molecule has 11 nitrogen and oxygen atoms in total. The monoisotopic (exact) mass is 573 g/mol. The molecule has 9 atom stereocenters. The van der Waals surface area contributed by atoms with Crippen LogP contribution >= 0.6 is 0 Å². The summed E-state index contributed by atoms with van der Waals surface area (Å²) in [7, 11) is 3.91. The van der Waals surface area contributed by atoms with Crippen LogP contribution < -0.4 is 11.1 Å². The van der Waals surface area contributed by atoms with Gasteiger partial charge < -0.3 is 41.5 Å². The summed E-state index contributed by atoms with van der Waals surface area (Å²) in [6.07, 6.45) is 3.96. The maximum atomic E-state index is 12.6. The molecule has 0 radical (unpaired) electrons. The van der Waals surface area contributed by atoms with E-state index in [2.05, 4.69) is 5.32 Å². The number of nitrogens with zero attached hydrogens (tertiary/aromatic N) is 1. The van der Waals surface area contributed by atoms with Crippen molar-refractivity contribution in [1.29, 1.82) is 0 Å². The number of primary amides is 1. The van der Waals surface area contributed by atoms with Gasteiger partial charge in [-0.05, 0) is 82.7 Å². The van der Waals surface area contributed by atoms with E-state index in [9.17, 15) is 39.9 Å². The van der Waals surface area contributed by atoms with E-state index in [1.807, 2.05) is 25.1 Å². The Hall–Kier alpha value is -2.73. The van der Waals surface area contributed by atoms with Gasteiger partial charge >= 0.3 is 0 Å². The van der Waals surface area contributed by atoms with Crippen LogP contribution in [0.1, 0.15) is 51.4 Å². The molecule has 0 saturated heterocycles. The van der Waals surface area contributed by atoms with Crippen molar-refractivity contribution in [2.45, 2.75) is 69.2 Å². The number of nitrogens with one attached hydrogen (secondary N) is 1. The molecule has 5 rings (SSSR count). The fourth-order valence-corrected chi connectivity index (χ4v) is 8.49. The normalized spacial score (nSPS) is 39.1. The average molecular weight is 574 g/mol. The minimum absolute atomic E-state index is 0.0332. The van der Waals surface area contributed by atoms with Crippen molar-refractivity contribution in [3.8, 4) is 0 Å². The van der Waals surface area contributed by atoms with E-state index >= 15 is 0 Å². The highest BCUT2D eigenvalue weighted by atomic mass is 16.4. The molecule has 11 heteroatoms. The molecular weight excluding hydrogens is 530 g/mol. The largest absolute Gasteiger partial charge is 0.509 e. The molecule has 0 aliphatic heterocycles. The summed E-state index contributed by atoms with van der Waals surface area (Å²) in [5, 5.41) is 59.2. The molecule has 0 bridgehead atoms. The lowest BCUT2D eigenvalue weighted by Crippen LogP contribution is -2.58. The van der Waals surface area contributed by atoms with Crippen molar-refractivity contribution in [2.24, 2.45) is 41.2 Å². The van der Waals surface area contributed by atoms with Crippen molar-refractivity contribution >= 4 is 17.6 Å². The summed E-state index contributed by atoms with van der Waals surface area (Å²) in [6.45, 7) is 1.34. The van der Waals surface area contributed by atoms with Crippen molar-refractivity contribution < 1.29 is 39.9 Å². The molecule has 2 fully saturated rings. The van der Waals surface area contributed by atoms with Gasteiger partial charge in [-0.25, -0.2) is 0 Å². The van der Waals surface area contributed by atoms with Crippen LogP contribution in [0.3, 0.4) is 0 Å². The van der Waals surface area contributed by atoms with Gasteiger partial charge in [0.05, 0.1) is 12.2 Å². The number of likely N-dealkylation sites (N-methyl/N-ethyl adjacent to an activating group) is 1. The zero-order chi connectivity index (χ0) is 29.8. The molecule has 226 valence electrons. The molecule has 6 unspecified atom stereocenters. The SMILES string of the molecule is CN(C)CCNC(=O)C1=CCC(C2CCC(O)C3C(O)C4=C(O)[C@]5(O)C(O)=C(C(N)=O)C(=O)C[C@@H]5C[C@@H]4CC23)CC1. The number of hydrogen-bond acceptors (Lipinski definition) is 9. The van der Waals surface area contributed by atoms with E-state index in [4.69, 9.17) is 5.73 Å². The first-order chi connectivity index (χ1) is 19.4. The van der Waals surface area contributed by atoms with Gasteiger partial charge in [0.2, 0.25) is 5.91 Å². The van der Waals surface area contributed by atoms with Crippen LogP contribution in [0, 0.1) is 35.5 Å². The number of hydrogen-bond donors (Lipinski definition) is 7. The summed E-state index contributed by atoms with van der Waals surface area (Å²) in [4.78, 5) is 39.1. The van der Waals surface area contributed by atoms with Gasteiger partial charge in [0, 0.05) is 42.5 Å². The number of Topliss-reactive ketones (excluding diaryl/α,β-unsaturated/α-hetero) is 1. The number of rotatable bonds is 6. The Morgan fingerprint density at radius 2 is 1.83 bits per heavy atom. The lowest BCUT2D eigenvalue weighted by molar-refractivity contribution is -0.131. The number of aliphatic hydroxyl groups excluding tert-OH is 4. The topological polar surface area (TPSA) is 194 Å². The Balaban J connectivity index is 1.38. The third-order valence-electron chi connectivity index (χ3n) is 10.5. The molecule has 2 saturated carbocycles. The molecule has 2 amide bonds. The van der Waals surface area contributed by atoms with Gasteiger partial charge in [-0.1, -0.05) is 6.08 Å². The minimum atomic E-state index is -2.39. The predicted molar refractivity (Wildman–Crippen MR) is 148 cm³/mol. The minimum Gasteiger partial charge on any atom is -0.509 e. The smallest absolute Gasteiger partial charge is 0.255 e. The lowest BCUT2D eigenvalue weighted by atomic mass is 9.52. The summed E-state index contributed by atoms with van der Waals surface area (Å²) in [5.41, 5.74) is 3.12. The van der Waals surface area contributed by atoms with Crippen LogP contribution in [0.15, 0.2) is 34.3 Å². The van der Waals surface area contributed by atoms with Gasteiger partial charge in [0.25, 0.3) is 5.91 Å². The molecular formula is C30H43N3O8. The molecule has 0 aromatic rings. The summed E-state index contributed by atoms with van der Waals surface area (Å²) in [5.74, 6) is -4.92. The summed E-state index contributed by atoms with van der Waals surface area (Å²) in [6, 6.07) is 0. The quantitative estimate of drug-likeness (QED) is 0.223. The standard InChI is InChI=1S/C30H43N3O8/c1-33(2)10-9-32-29(40)15-5-3-14(4-6-15)18-7-8-20(34)23-19(18)12-16-11-17-13-21(35)24(28(31)39)27(38)30(17,41)26(37)22(16)25(23)36/h5,14,16-20,23,25,34,36-38,41H,3-4,6-13H2,1-2H3,(H2,31,39)(H,32,40)/t14?,16-,17+,18?,19?,20?,23?,25?,30+/m1/s1. The fourth-order valence-electron chi connectivity index (χ4n) is 8.49. The van der Waals surface area contributed by atoms with E-state index in [0.29, 0.717) is 25.8 Å². The van der Waals surface area contributed by atoms with E-state index in [1.54, 1.807) is 0 Å². The Morgan fingerprint density at radius 1 is 1.10 bits per heavy atom. The number of allylic oxidation sites excluding steroid dienone is 1. The number of nitrogens with two attached hydrogens (primary N) is 1. The highest BCUT2D eigenvalue weighted by Crippen LogP contribution is 2.58. The van der Waals surface area contributed by atoms with Gasteiger partial charge in [-0.15, -0.1) is 0 Å². The van der Waals surface area contributed by atoms with Crippen LogP contribution in [-0.4, -0.2) is 93.0 Å². The molecule has 0 heterocycles. The summed E-state index contributed by atoms with van der Waals surface area (Å²) < 4.78 is 0. The maximum Gasteiger partial charge on any atom is 0.255 e. The lowest BCUT2D eigenvalue weighted by Gasteiger charge is -2.55. The predicted octanol–water partition coefficient (Wildman–Crippen LogP) is 0.608. The second kappa shape index (κ2) is 11.2. The Morgan fingerprint density at radius 3 is 2.46 bits per heavy atom. The van der Waals surface area contributed by atoms with Crippen molar-refractivity contribution in [3.05, 3.63) is 34.3 Å². The molecule has 0 aromatic carbocycles. The number of ketones is 1. The van der Waals surface area contributed by atoms with Crippen molar-refractivity contribution in [3.63, 3.8) is 0 Å². The van der Waals surface area contributed by atoms with Crippen molar-refractivity contribution in [2.75, 3.05) is 27.2 Å². The van der Waals surface area contributed by atoms with E-state index in [0.717, 1.165) is 31.4 Å². The van der Waals surface area contributed by atoms with Gasteiger partial charge in [-0.2, -0.15) is 0 Å². The zero-order valence-electron chi connectivity index (χ0n) is 23.8. The second-order valence-electron chi connectivity index (χ2n) is 13.0. The molecule has 5 aliphatic carbocycles. The fraction of sp³-hybridized carbons (Fsp3) is 0.700. The Labute approximate surface area is 239 Å². The number of carbonyl (C=O) groups is 3.